The van der Waals surface area contributed by atoms with Gasteiger partial charge in [0.2, 0.25) is 0 Å². The molecule has 0 saturated carbocycles. The second kappa shape index (κ2) is 8.82. The Morgan fingerprint density at radius 3 is 2.59 bits per heavy atom. The third-order valence-electron chi connectivity index (χ3n) is 6.16. The number of hydrogen-bond acceptors (Lipinski definition) is 4. The quantitative estimate of drug-likeness (QED) is 0.663. The Morgan fingerprint density at radius 2 is 1.94 bits per heavy atom. The molecule has 0 radical (unpaired) electrons. The predicted molar refractivity (Wildman–Crippen MR) is 121 cm³/mol. The number of benzene rings is 1. The van der Waals surface area contributed by atoms with Gasteiger partial charge in [0.05, 0.1) is 11.8 Å². The van der Waals surface area contributed by atoms with Crippen LogP contribution in [0.3, 0.4) is 0 Å². The fourth-order valence-corrected chi connectivity index (χ4v) is 4.18. The average molecular weight is 434 g/mol. The number of rotatable bonds is 5. The van der Waals surface area contributed by atoms with Gasteiger partial charge in [-0.05, 0) is 36.5 Å². The number of aromatic nitrogens is 3. The molecule has 0 bridgehead atoms. The Hall–Kier alpha value is -3.68. The highest BCUT2D eigenvalue weighted by molar-refractivity contribution is 5.97. The van der Waals surface area contributed by atoms with E-state index in [4.69, 9.17) is 0 Å². The van der Waals surface area contributed by atoms with Crippen LogP contribution in [0.5, 0.6) is 0 Å². The summed E-state index contributed by atoms with van der Waals surface area (Å²) in [5.74, 6) is -0.479. The van der Waals surface area contributed by atoms with Crippen LogP contribution in [-0.2, 0) is 33.0 Å². The van der Waals surface area contributed by atoms with Crippen LogP contribution in [-0.4, -0.2) is 44.7 Å². The Balaban J connectivity index is 1.67. The summed E-state index contributed by atoms with van der Waals surface area (Å²) in [6.07, 6.45) is 4.52. The van der Waals surface area contributed by atoms with Crippen LogP contribution >= 0.6 is 0 Å². The van der Waals surface area contributed by atoms with Crippen molar-refractivity contribution in [2.45, 2.75) is 32.9 Å². The van der Waals surface area contributed by atoms with E-state index < -0.39 is 0 Å². The molecule has 0 aliphatic carbocycles. The van der Waals surface area contributed by atoms with Gasteiger partial charge >= 0.3 is 0 Å². The molecule has 3 heterocycles. The lowest BCUT2D eigenvalue weighted by atomic mass is 9.95. The minimum absolute atomic E-state index is 0.0928. The maximum atomic E-state index is 13.2. The smallest absolute Gasteiger partial charge is 0.263 e. The van der Waals surface area contributed by atoms with E-state index in [9.17, 15) is 14.4 Å². The van der Waals surface area contributed by atoms with Crippen molar-refractivity contribution in [2.75, 3.05) is 13.6 Å². The molecule has 4 rings (SSSR count). The zero-order valence-corrected chi connectivity index (χ0v) is 18.6. The van der Waals surface area contributed by atoms with E-state index >= 15 is 0 Å². The molecule has 32 heavy (non-hydrogen) atoms. The Kier molecular flexibility index (Phi) is 5.94. The number of amides is 2. The number of pyridine rings is 1. The van der Waals surface area contributed by atoms with Crippen LogP contribution in [0.15, 0.2) is 47.5 Å². The molecular weight excluding hydrogens is 406 g/mol. The number of nitrogens with zero attached hydrogens (tertiary/aromatic N) is 4. The van der Waals surface area contributed by atoms with Gasteiger partial charge in [0.15, 0.2) is 0 Å². The van der Waals surface area contributed by atoms with Crippen LogP contribution in [0.2, 0.25) is 0 Å². The van der Waals surface area contributed by atoms with Crippen LogP contribution in [0.1, 0.15) is 43.1 Å². The molecule has 8 nitrogen and oxygen atoms in total. The maximum Gasteiger partial charge on any atom is 0.263 e. The van der Waals surface area contributed by atoms with Crippen molar-refractivity contribution in [3.05, 3.63) is 86.6 Å². The normalized spacial score (nSPS) is 13.0. The number of carbonyl (C=O) groups excluding carboxylic acids is 2. The van der Waals surface area contributed by atoms with Gasteiger partial charge in [-0.3, -0.25) is 19.1 Å². The lowest BCUT2D eigenvalue weighted by Gasteiger charge is -2.30. The topological polar surface area (TPSA) is 89.2 Å². The largest absolute Gasteiger partial charge is 0.355 e. The Labute approximate surface area is 186 Å². The molecule has 8 heteroatoms. The first-order valence-corrected chi connectivity index (χ1v) is 10.7. The molecule has 0 spiro atoms. The van der Waals surface area contributed by atoms with Crippen molar-refractivity contribution >= 4 is 11.8 Å². The van der Waals surface area contributed by atoms with E-state index in [1.807, 2.05) is 43.5 Å². The van der Waals surface area contributed by atoms with Crippen LogP contribution in [0, 0.1) is 6.92 Å². The fourth-order valence-electron chi connectivity index (χ4n) is 4.18. The van der Waals surface area contributed by atoms with Crippen LogP contribution in [0.25, 0.3) is 0 Å². The second-order valence-electron chi connectivity index (χ2n) is 8.07. The van der Waals surface area contributed by atoms with Crippen molar-refractivity contribution in [3.8, 4) is 0 Å². The highest BCUT2D eigenvalue weighted by Gasteiger charge is 2.29. The molecule has 166 valence electrons. The van der Waals surface area contributed by atoms with Crippen molar-refractivity contribution in [3.63, 3.8) is 0 Å². The molecule has 0 saturated heterocycles. The summed E-state index contributed by atoms with van der Waals surface area (Å²) in [7, 11) is 3.33. The summed E-state index contributed by atoms with van der Waals surface area (Å²) in [4.78, 5) is 40.6. The van der Waals surface area contributed by atoms with Crippen molar-refractivity contribution < 1.29 is 9.59 Å². The molecule has 3 aromatic rings. The average Bonchev–Trinajstić information content (AvgIpc) is 3.15. The third kappa shape index (κ3) is 3.95. The van der Waals surface area contributed by atoms with Gasteiger partial charge in [-0.25, -0.2) is 0 Å². The lowest BCUT2D eigenvalue weighted by molar-refractivity contribution is 0.0733. The van der Waals surface area contributed by atoms with E-state index in [1.54, 1.807) is 27.4 Å². The van der Waals surface area contributed by atoms with Crippen molar-refractivity contribution in [1.29, 1.82) is 0 Å². The summed E-state index contributed by atoms with van der Waals surface area (Å²) < 4.78 is 3.27. The number of hydrogen-bond donors (Lipinski definition) is 1. The Bertz CT molecular complexity index is 1230. The molecule has 1 N–H and O–H groups in total. The molecule has 2 aromatic heterocycles. The zero-order chi connectivity index (χ0) is 22.8. The number of aryl methyl sites for hydroxylation is 3. The number of carbonyl (C=O) groups is 2. The zero-order valence-electron chi connectivity index (χ0n) is 18.6. The molecular formula is C24H27N5O3. The summed E-state index contributed by atoms with van der Waals surface area (Å²) in [6, 6.07) is 9.91. The van der Waals surface area contributed by atoms with Crippen LogP contribution in [0.4, 0.5) is 0 Å². The van der Waals surface area contributed by atoms with Gasteiger partial charge in [-0.2, -0.15) is 5.10 Å². The van der Waals surface area contributed by atoms with E-state index in [-0.39, 0.29) is 22.9 Å². The van der Waals surface area contributed by atoms with Crippen molar-refractivity contribution in [2.24, 2.45) is 7.05 Å². The first-order chi connectivity index (χ1) is 15.4. The highest BCUT2D eigenvalue weighted by atomic mass is 16.2. The minimum Gasteiger partial charge on any atom is -0.355 e. The van der Waals surface area contributed by atoms with E-state index in [0.717, 1.165) is 22.4 Å². The summed E-state index contributed by atoms with van der Waals surface area (Å²) in [5.41, 5.74) is 3.95. The lowest BCUT2D eigenvalue weighted by Crippen LogP contribution is -2.41. The van der Waals surface area contributed by atoms with E-state index in [0.29, 0.717) is 38.0 Å². The first kappa shape index (κ1) is 21.5. The number of nitrogens with one attached hydrogen (secondary N) is 1. The minimum atomic E-state index is -0.386. The van der Waals surface area contributed by atoms with Gasteiger partial charge in [0.25, 0.3) is 17.4 Å². The SMILES string of the molecule is CNC(=O)c1c2c(cn(CCc3ccccc3)c1=O)CN(C(=O)c1cnn(C)c1C)CC2. The molecule has 0 atom stereocenters. The molecule has 2 amide bonds. The fraction of sp³-hybridized carbons (Fsp3) is 0.333. The van der Waals surface area contributed by atoms with E-state index in [2.05, 4.69) is 10.4 Å². The summed E-state index contributed by atoms with van der Waals surface area (Å²) >= 11 is 0. The van der Waals surface area contributed by atoms with Gasteiger partial charge in [-0.15, -0.1) is 0 Å². The molecule has 1 aliphatic heterocycles. The maximum absolute atomic E-state index is 13.2. The first-order valence-electron chi connectivity index (χ1n) is 10.7. The summed E-state index contributed by atoms with van der Waals surface area (Å²) in [6.45, 7) is 3.11. The molecule has 0 unspecified atom stereocenters. The van der Waals surface area contributed by atoms with Gasteiger partial charge in [0, 0.05) is 45.6 Å². The van der Waals surface area contributed by atoms with Gasteiger partial charge < -0.3 is 14.8 Å². The van der Waals surface area contributed by atoms with Gasteiger partial charge in [0.1, 0.15) is 5.56 Å². The predicted octanol–water partition coefficient (Wildman–Crippen LogP) is 1.69. The third-order valence-corrected chi connectivity index (χ3v) is 6.16. The Morgan fingerprint density at radius 1 is 1.19 bits per heavy atom. The summed E-state index contributed by atoms with van der Waals surface area (Å²) in [5, 5.41) is 6.77. The standard InChI is InChI=1S/C24H27N5O3/c1-16-20(13-26-27(16)3)23(31)28-12-10-19-18(14-28)15-29(24(32)21(19)22(30)25-2)11-9-17-7-5-4-6-8-17/h4-8,13,15H,9-12,14H2,1-3H3,(H,25,30). The van der Waals surface area contributed by atoms with Crippen molar-refractivity contribution in [1.82, 2.24) is 24.6 Å². The van der Waals surface area contributed by atoms with Gasteiger partial charge in [-0.1, -0.05) is 30.3 Å². The highest BCUT2D eigenvalue weighted by Crippen LogP contribution is 2.23. The molecule has 0 fully saturated rings. The molecule has 1 aliphatic rings. The molecule has 1 aromatic carbocycles. The monoisotopic (exact) mass is 433 g/mol. The van der Waals surface area contributed by atoms with E-state index in [1.165, 1.54) is 7.05 Å². The number of fused-ring (bicyclic) bond motifs is 1. The second-order valence-corrected chi connectivity index (χ2v) is 8.07. The van der Waals surface area contributed by atoms with Crippen LogP contribution < -0.4 is 10.9 Å².